The van der Waals surface area contributed by atoms with E-state index in [0.717, 1.165) is 11.5 Å². The highest BCUT2D eigenvalue weighted by Crippen LogP contribution is 2.12. The Morgan fingerprint density at radius 3 is 3.05 bits per heavy atom. The lowest BCUT2D eigenvalue weighted by Gasteiger charge is -2.11. The van der Waals surface area contributed by atoms with Gasteiger partial charge in [0.1, 0.15) is 11.4 Å². The predicted molar refractivity (Wildman–Crippen MR) is 75.4 cm³/mol. The van der Waals surface area contributed by atoms with Gasteiger partial charge in [-0.3, -0.25) is 9.20 Å². The highest BCUT2D eigenvalue weighted by atomic mass is 16.3. The van der Waals surface area contributed by atoms with Crippen LogP contribution in [-0.2, 0) is 6.54 Å². The summed E-state index contributed by atoms with van der Waals surface area (Å²) in [6.07, 6.45) is 3.36. The van der Waals surface area contributed by atoms with Crippen LogP contribution in [0.1, 0.15) is 24.4 Å². The monoisotopic (exact) mass is 269 g/mol. The Bertz CT molecular complexity index is 762. The van der Waals surface area contributed by atoms with Gasteiger partial charge in [0.25, 0.3) is 5.56 Å². The van der Waals surface area contributed by atoms with Gasteiger partial charge in [-0.15, -0.1) is 0 Å². The minimum absolute atomic E-state index is 0.0704. The molecule has 0 radical (unpaired) electrons. The molecule has 3 aromatic rings. The zero-order chi connectivity index (χ0) is 13.9. The van der Waals surface area contributed by atoms with Crippen LogP contribution in [0.5, 0.6) is 0 Å². The lowest BCUT2D eigenvalue weighted by molar-refractivity contribution is 0.428. The van der Waals surface area contributed by atoms with Crippen molar-refractivity contribution < 1.29 is 4.42 Å². The summed E-state index contributed by atoms with van der Waals surface area (Å²) in [4.78, 5) is 16.4. The number of pyridine rings is 1. The molecule has 0 aliphatic carbocycles. The predicted octanol–water partition coefficient (Wildman–Crippen LogP) is 2.14. The van der Waals surface area contributed by atoms with Crippen LogP contribution in [0.25, 0.3) is 5.65 Å². The number of nitrogens with zero attached hydrogens (tertiary/aromatic N) is 2. The minimum Gasteiger partial charge on any atom is -0.468 e. The molecular formula is C15H15N3O2. The summed E-state index contributed by atoms with van der Waals surface area (Å²) in [6.45, 7) is 2.52. The minimum atomic E-state index is -0.0712. The highest BCUT2D eigenvalue weighted by Gasteiger charge is 2.08. The van der Waals surface area contributed by atoms with E-state index in [4.69, 9.17) is 4.42 Å². The van der Waals surface area contributed by atoms with Crippen LogP contribution in [0.15, 0.2) is 58.1 Å². The molecule has 1 atom stereocenters. The average molecular weight is 269 g/mol. The van der Waals surface area contributed by atoms with Crippen LogP contribution in [-0.4, -0.2) is 9.38 Å². The molecule has 0 amide bonds. The molecule has 1 N–H and O–H groups in total. The number of hydrogen-bond acceptors (Lipinski definition) is 4. The third-order valence-corrected chi connectivity index (χ3v) is 3.18. The van der Waals surface area contributed by atoms with Crippen LogP contribution in [0.4, 0.5) is 0 Å². The van der Waals surface area contributed by atoms with Gasteiger partial charge >= 0.3 is 0 Å². The van der Waals surface area contributed by atoms with E-state index in [-0.39, 0.29) is 11.6 Å². The summed E-state index contributed by atoms with van der Waals surface area (Å²) < 4.78 is 6.86. The van der Waals surface area contributed by atoms with Crippen molar-refractivity contribution in [3.8, 4) is 0 Å². The maximum absolute atomic E-state index is 11.9. The summed E-state index contributed by atoms with van der Waals surface area (Å²) in [5.41, 5.74) is 1.31. The fourth-order valence-electron chi connectivity index (χ4n) is 2.09. The van der Waals surface area contributed by atoms with Gasteiger partial charge in [0.15, 0.2) is 0 Å². The maximum atomic E-state index is 11.9. The number of hydrogen-bond donors (Lipinski definition) is 1. The first-order valence-corrected chi connectivity index (χ1v) is 6.48. The van der Waals surface area contributed by atoms with Gasteiger partial charge in [-0.1, -0.05) is 6.07 Å². The number of furan rings is 1. The van der Waals surface area contributed by atoms with E-state index in [1.54, 1.807) is 18.5 Å². The Morgan fingerprint density at radius 2 is 2.25 bits per heavy atom. The summed E-state index contributed by atoms with van der Waals surface area (Å²) in [5.74, 6) is 0.863. The van der Waals surface area contributed by atoms with E-state index < -0.39 is 0 Å². The molecule has 3 heterocycles. The van der Waals surface area contributed by atoms with Gasteiger partial charge in [-0.25, -0.2) is 4.98 Å². The molecule has 0 bridgehead atoms. The molecule has 102 valence electrons. The van der Waals surface area contributed by atoms with Crippen LogP contribution in [0, 0.1) is 0 Å². The van der Waals surface area contributed by atoms with E-state index in [0.29, 0.717) is 12.2 Å². The Morgan fingerprint density at radius 1 is 1.35 bits per heavy atom. The average Bonchev–Trinajstić information content (AvgIpc) is 2.99. The Kier molecular flexibility index (Phi) is 3.35. The quantitative estimate of drug-likeness (QED) is 0.788. The molecule has 5 nitrogen and oxygen atoms in total. The lowest BCUT2D eigenvalue weighted by Crippen LogP contribution is -2.21. The van der Waals surface area contributed by atoms with Crippen molar-refractivity contribution in [2.24, 2.45) is 0 Å². The molecule has 0 aromatic carbocycles. The fraction of sp³-hybridized carbons (Fsp3) is 0.200. The molecular weight excluding hydrogens is 254 g/mol. The molecule has 0 unspecified atom stereocenters. The third kappa shape index (κ3) is 2.48. The van der Waals surface area contributed by atoms with Crippen LogP contribution in [0.2, 0.25) is 0 Å². The molecule has 0 aliphatic rings. The Balaban J connectivity index is 1.80. The van der Waals surface area contributed by atoms with E-state index in [1.807, 2.05) is 37.3 Å². The largest absolute Gasteiger partial charge is 0.468 e. The van der Waals surface area contributed by atoms with Crippen molar-refractivity contribution in [3.05, 3.63) is 70.7 Å². The molecule has 0 fully saturated rings. The SMILES string of the molecule is C[C@@H](NCc1cc(=O)n2ccccc2n1)c1ccco1. The van der Waals surface area contributed by atoms with Gasteiger partial charge < -0.3 is 9.73 Å². The Labute approximate surface area is 115 Å². The number of rotatable bonds is 4. The van der Waals surface area contributed by atoms with Crippen molar-refractivity contribution in [1.82, 2.24) is 14.7 Å². The lowest BCUT2D eigenvalue weighted by atomic mass is 10.2. The first kappa shape index (κ1) is 12.6. The van der Waals surface area contributed by atoms with Gasteiger partial charge in [0.2, 0.25) is 0 Å². The van der Waals surface area contributed by atoms with Gasteiger partial charge in [0, 0.05) is 18.8 Å². The molecule has 5 heteroatoms. The number of aromatic nitrogens is 2. The zero-order valence-electron chi connectivity index (χ0n) is 11.1. The smallest absolute Gasteiger partial charge is 0.258 e. The second kappa shape index (κ2) is 5.30. The van der Waals surface area contributed by atoms with E-state index in [2.05, 4.69) is 10.3 Å². The Hall–Kier alpha value is -2.40. The second-order valence-electron chi connectivity index (χ2n) is 4.63. The second-order valence-corrected chi connectivity index (χ2v) is 4.63. The molecule has 0 aliphatic heterocycles. The van der Waals surface area contributed by atoms with Crippen molar-refractivity contribution in [1.29, 1.82) is 0 Å². The topological polar surface area (TPSA) is 59.5 Å². The number of nitrogens with one attached hydrogen (secondary N) is 1. The van der Waals surface area contributed by atoms with Gasteiger partial charge in [0.05, 0.1) is 18.0 Å². The van der Waals surface area contributed by atoms with Crippen molar-refractivity contribution in [2.45, 2.75) is 19.5 Å². The van der Waals surface area contributed by atoms with E-state index >= 15 is 0 Å². The van der Waals surface area contributed by atoms with Crippen LogP contribution in [0.3, 0.4) is 0 Å². The first-order valence-electron chi connectivity index (χ1n) is 6.48. The fourth-order valence-corrected chi connectivity index (χ4v) is 2.09. The third-order valence-electron chi connectivity index (χ3n) is 3.18. The summed E-state index contributed by atoms with van der Waals surface area (Å²) in [5, 5.41) is 3.29. The van der Waals surface area contributed by atoms with Crippen molar-refractivity contribution >= 4 is 5.65 Å². The van der Waals surface area contributed by atoms with E-state index in [9.17, 15) is 4.79 Å². The van der Waals surface area contributed by atoms with Crippen LogP contribution < -0.4 is 10.9 Å². The van der Waals surface area contributed by atoms with Gasteiger partial charge in [-0.05, 0) is 31.2 Å². The normalized spacial score (nSPS) is 12.7. The molecule has 0 saturated carbocycles. The summed E-state index contributed by atoms with van der Waals surface area (Å²) in [7, 11) is 0. The van der Waals surface area contributed by atoms with Crippen molar-refractivity contribution in [3.63, 3.8) is 0 Å². The zero-order valence-corrected chi connectivity index (χ0v) is 11.1. The first-order chi connectivity index (χ1) is 9.74. The molecule has 20 heavy (non-hydrogen) atoms. The van der Waals surface area contributed by atoms with Crippen LogP contribution >= 0.6 is 0 Å². The summed E-state index contributed by atoms with van der Waals surface area (Å²) in [6, 6.07) is 10.9. The molecule has 0 saturated heterocycles. The maximum Gasteiger partial charge on any atom is 0.258 e. The molecule has 3 rings (SSSR count). The highest BCUT2D eigenvalue weighted by molar-refractivity contribution is 5.37. The van der Waals surface area contributed by atoms with Gasteiger partial charge in [-0.2, -0.15) is 0 Å². The molecule has 0 spiro atoms. The molecule has 3 aromatic heterocycles. The number of fused-ring (bicyclic) bond motifs is 1. The van der Waals surface area contributed by atoms with E-state index in [1.165, 1.54) is 4.40 Å². The standard InChI is InChI=1S/C15H15N3O2/c1-11(13-5-4-8-20-13)16-10-12-9-15(19)18-7-3-2-6-14(18)17-12/h2-9,11,16H,10H2,1H3/t11-/m1/s1. The van der Waals surface area contributed by atoms with Crippen molar-refractivity contribution in [2.75, 3.05) is 0 Å². The summed E-state index contributed by atoms with van der Waals surface area (Å²) >= 11 is 0.